The van der Waals surface area contributed by atoms with Crippen LogP contribution >= 0.6 is 11.6 Å². The molecular weight excluding hydrogens is 318 g/mol. The highest BCUT2D eigenvalue weighted by Crippen LogP contribution is 2.42. The number of nitrogens with zero attached hydrogens (tertiary/aromatic N) is 1. The molecule has 6 heteroatoms. The highest BCUT2D eigenvalue weighted by Gasteiger charge is 2.44. The molecule has 0 aliphatic carbocycles. The third kappa shape index (κ3) is 3.02. The Kier molecular flexibility index (Phi) is 4.23. The number of hydrogen-bond acceptors (Lipinski definition) is 4. The van der Waals surface area contributed by atoms with Gasteiger partial charge in [0.15, 0.2) is 5.78 Å². The Morgan fingerprint density at radius 3 is 2.74 bits per heavy atom. The molecule has 2 aliphatic heterocycles. The molecule has 0 unspecified atom stereocenters. The van der Waals surface area contributed by atoms with Crippen LogP contribution in [0.25, 0.3) is 0 Å². The standard InChI is InChI=1S/C17H20ClNO4/c1-3-22-16(21)19-6-4-17(5-7-19)10-14(20)13-9-12(18)8-11(2)15(13)23-17/h8-9H,3-7,10H2,1-2H3. The van der Waals surface area contributed by atoms with E-state index in [1.807, 2.05) is 6.92 Å². The lowest BCUT2D eigenvalue weighted by Crippen LogP contribution is -2.52. The molecule has 1 saturated heterocycles. The molecule has 2 aliphatic rings. The first-order valence-corrected chi connectivity index (χ1v) is 8.26. The summed E-state index contributed by atoms with van der Waals surface area (Å²) < 4.78 is 11.3. The van der Waals surface area contributed by atoms with E-state index in [1.165, 1.54) is 0 Å². The van der Waals surface area contributed by atoms with E-state index in [0.29, 0.717) is 55.3 Å². The summed E-state index contributed by atoms with van der Waals surface area (Å²) in [4.78, 5) is 26.0. The monoisotopic (exact) mass is 337 g/mol. The molecule has 1 fully saturated rings. The van der Waals surface area contributed by atoms with Gasteiger partial charge in [0.05, 0.1) is 18.6 Å². The van der Waals surface area contributed by atoms with E-state index >= 15 is 0 Å². The van der Waals surface area contributed by atoms with Crippen molar-refractivity contribution in [1.29, 1.82) is 0 Å². The predicted molar refractivity (Wildman–Crippen MR) is 86.3 cm³/mol. The summed E-state index contributed by atoms with van der Waals surface area (Å²) in [5.74, 6) is 0.691. The highest BCUT2D eigenvalue weighted by molar-refractivity contribution is 6.31. The molecule has 0 radical (unpaired) electrons. The Morgan fingerprint density at radius 2 is 2.09 bits per heavy atom. The SMILES string of the molecule is CCOC(=O)N1CCC2(CC1)CC(=O)c1cc(Cl)cc(C)c1O2. The fourth-order valence-corrected chi connectivity index (χ4v) is 3.58. The summed E-state index contributed by atoms with van der Waals surface area (Å²) in [6.07, 6.45) is 1.28. The van der Waals surface area contributed by atoms with Crippen molar-refractivity contribution < 1.29 is 19.1 Å². The smallest absolute Gasteiger partial charge is 0.409 e. The van der Waals surface area contributed by atoms with E-state index in [9.17, 15) is 9.59 Å². The van der Waals surface area contributed by atoms with Gasteiger partial charge in [-0.3, -0.25) is 4.79 Å². The maximum atomic E-state index is 12.5. The number of benzene rings is 1. The normalized spacial score (nSPS) is 19.3. The molecule has 1 amide bonds. The van der Waals surface area contributed by atoms with Crippen LogP contribution in [0.1, 0.15) is 42.1 Å². The van der Waals surface area contributed by atoms with Crippen LogP contribution in [0.5, 0.6) is 5.75 Å². The Bertz CT molecular complexity index is 650. The largest absolute Gasteiger partial charge is 0.486 e. The number of carbonyl (C=O) groups is 2. The van der Waals surface area contributed by atoms with E-state index in [0.717, 1.165) is 5.56 Å². The van der Waals surface area contributed by atoms with Gasteiger partial charge in [0.25, 0.3) is 0 Å². The number of ether oxygens (including phenoxy) is 2. The molecule has 0 saturated carbocycles. The maximum absolute atomic E-state index is 12.5. The first-order valence-electron chi connectivity index (χ1n) is 7.88. The number of fused-ring (bicyclic) bond motifs is 1. The number of piperidine rings is 1. The van der Waals surface area contributed by atoms with Gasteiger partial charge < -0.3 is 14.4 Å². The zero-order valence-electron chi connectivity index (χ0n) is 13.4. The van der Waals surface area contributed by atoms with Gasteiger partial charge in [-0.1, -0.05) is 11.6 Å². The van der Waals surface area contributed by atoms with E-state index < -0.39 is 5.60 Å². The fraction of sp³-hybridized carbons (Fsp3) is 0.529. The van der Waals surface area contributed by atoms with Crippen LogP contribution in [0.4, 0.5) is 4.79 Å². The average Bonchev–Trinajstić information content (AvgIpc) is 2.50. The lowest BCUT2D eigenvalue weighted by molar-refractivity contribution is -0.00905. The maximum Gasteiger partial charge on any atom is 0.409 e. The summed E-state index contributed by atoms with van der Waals surface area (Å²) in [5.41, 5.74) is 0.910. The molecular formula is C17H20ClNO4. The molecule has 0 bridgehead atoms. The third-order valence-corrected chi connectivity index (χ3v) is 4.76. The Hall–Kier alpha value is -1.75. The molecule has 1 spiro atoms. The van der Waals surface area contributed by atoms with Crippen molar-refractivity contribution in [3.8, 4) is 5.75 Å². The van der Waals surface area contributed by atoms with Gasteiger partial charge in [0, 0.05) is 31.0 Å². The number of aryl methyl sites for hydroxylation is 1. The summed E-state index contributed by atoms with van der Waals surface area (Å²) in [5, 5.41) is 0.547. The van der Waals surface area contributed by atoms with Gasteiger partial charge >= 0.3 is 6.09 Å². The van der Waals surface area contributed by atoms with Crippen molar-refractivity contribution >= 4 is 23.5 Å². The molecule has 0 N–H and O–H groups in total. The third-order valence-electron chi connectivity index (χ3n) is 4.54. The quantitative estimate of drug-likeness (QED) is 0.785. The van der Waals surface area contributed by atoms with Crippen LogP contribution in [-0.2, 0) is 4.74 Å². The number of amides is 1. The highest BCUT2D eigenvalue weighted by atomic mass is 35.5. The van der Waals surface area contributed by atoms with Crippen molar-refractivity contribution in [2.24, 2.45) is 0 Å². The predicted octanol–water partition coefficient (Wildman–Crippen LogP) is 3.60. The molecule has 0 aromatic heterocycles. The minimum absolute atomic E-state index is 0.0569. The second-order valence-corrected chi connectivity index (χ2v) is 6.61. The molecule has 2 heterocycles. The second kappa shape index (κ2) is 6.04. The van der Waals surface area contributed by atoms with Crippen molar-refractivity contribution in [1.82, 2.24) is 4.90 Å². The number of hydrogen-bond donors (Lipinski definition) is 0. The van der Waals surface area contributed by atoms with Gasteiger partial charge in [0.2, 0.25) is 0 Å². The van der Waals surface area contributed by atoms with E-state index in [4.69, 9.17) is 21.1 Å². The molecule has 124 valence electrons. The number of halogens is 1. The molecule has 0 atom stereocenters. The fourth-order valence-electron chi connectivity index (χ4n) is 3.30. The molecule has 3 rings (SSSR count). The van der Waals surface area contributed by atoms with Crippen molar-refractivity contribution in [3.63, 3.8) is 0 Å². The Balaban J connectivity index is 1.79. The van der Waals surface area contributed by atoms with Gasteiger partial charge in [-0.2, -0.15) is 0 Å². The van der Waals surface area contributed by atoms with E-state index in [2.05, 4.69) is 0 Å². The first kappa shape index (κ1) is 16.1. The number of ketones is 1. The Morgan fingerprint density at radius 1 is 1.39 bits per heavy atom. The van der Waals surface area contributed by atoms with Crippen molar-refractivity contribution in [2.45, 2.75) is 38.7 Å². The number of likely N-dealkylation sites (tertiary alicyclic amines) is 1. The van der Waals surface area contributed by atoms with E-state index in [1.54, 1.807) is 24.0 Å². The van der Waals surface area contributed by atoms with Gasteiger partial charge in [-0.15, -0.1) is 0 Å². The minimum atomic E-state index is -0.522. The molecule has 1 aromatic rings. The lowest BCUT2D eigenvalue weighted by atomic mass is 9.82. The lowest BCUT2D eigenvalue weighted by Gasteiger charge is -2.44. The topological polar surface area (TPSA) is 55.8 Å². The summed E-state index contributed by atoms with van der Waals surface area (Å²) in [6.45, 7) is 5.12. The minimum Gasteiger partial charge on any atom is -0.486 e. The van der Waals surface area contributed by atoms with Crippen molar-refractivity contribution in [3.05, 3.63) is 28.3 Å². The van der Waals surface area contributed by atoms with Crippen LogP contribution in [0.3, 0.4) is 0 Å². The average molecular weight is 338 g/mol. The Labute approximate surface area is 140 Å². The van der Waals surface area contributed by atoms with Crippen LogP contribution in [0.2, 0.25) is 5.02 Å². The summed E-state index contributed by atoms with van der Waals surface area (Å²) in [7, 11) is 0. The van der Waals surface area contributed by atoms with Gasteiger partial charge in [-0.05, 0) is 31.5 Å². The summed E-state index contributed by atoms with van der Waals surface area (Å²) >= 11 is 6.04. The number of carbonyl (C=O) groups excluding carboxylic acids is 2. The zero-order valence-corrected chi connectivity index (χ0v) is 14.1. The first-order chi connectivity index (χ1) is 10.9. The van der Waals surface area contributed by atoms with Crippen LogP contribution < -0.4 is 4.74 Å². The van der Waals surface area contributed by atoms with Crippen molar-refractivity contribution in [2.75, 3.05) is 19.7 Å². The zero-order chi connectivity index (χ0) is 16.6. The second-order valence-electron chi connectivity index (χ2n) is 6.17. The number of rotatable bonds is 1. The molecule has 23 heavy (non-hydrogen) atoms. The van der Waals surface area contributed by atoms with Crippen LogP contribution in [0.15, 0.2) is 12.1 Å². The summed E-state index contributed by atoms with van der Waals surface area (Å²) in [6, 6.07) is 3.48. The van der Waals surface area contributed by atoms with Gasteiger partial charge in [0.1, 0.15) is 11.4 Å². The molecule has 5 nitrogen and oxygen atoms in total. The van der Waals surface area contributed by atoms with Crippen LogP contribution in [0, 0.1) is 6.92 Å². The number of Topliss-reactive ketones (excluding diaryl/α,β-unsaturated/α-hetero) is 1. The van der Waals surface area contributed by atoms with Gasteiger partial charge in [-0.25, -0.2) is 4.79 Å². The molecule has 1 aromatic carbocycles. The van der Waals surface area contributed by atoms with E-state index in [-0.39, 0.29) is 11.9 Å². The van der Waals surface area contributed by atoms with Crippen LogP contribution in [-0.4, -0.2) is 42.1 Å².